The van der Waals surface area contributed by atoms with Crippen LogP contribution < -0.4 is 20.4 Å². The van der Waals surface area contributed by atoms with E-state index in [0.29, 0.717) is 0 Å². The van der Waals surface area contributed by atoms with Crippen LogP contribution >= 0.6 is 0 Å². The summed E-state index contributed by atoms with van der Waals surface area (Å²) in [5, 5.41) is 41.1. The second-order valence-electron chi connectivity index (χ2n) is 29.9. The average molecular weight is 1450 g/mol. The van der Waals surface area contributed by atoms with Crippen LogP contribution in [-0.4, -0.2) is 23.9 Å². The molecule has 0 bridgehead atoms. The monoisotopic (exact) mass is 1450 g/mol. The van der Waals surface area contributed by atoms with Crippen LogP contribution in [0.5, 0.6) is 0 Å². The molecule has 0 atom stereocenters. The molecule has 0 fully saturated rings. The molecule has 0 N–H and O–H groups in total. The summed E-state index contributed by atoms with van der Waals surface area (Å²) in [7, 11) is 0. The molecule has 0 aliphatic rings. The SMILES string of the molecule is CCCCCCCCCCCCCCCCCCCCCC(=O)[O-].CCCCCCCCCCCCCCCCCCCCCC(=O)[O-].CCCCCCCCCCCCCCCCCCCCCC(=O)[O-].CCCCCCCCCCCCCCCCCCCCCC(=O)[O-].[Zr+4]. The average Bonchev–Trinajstić information content (AvgIpc) is 3.57. The molecule has 0 saturated heterocycles. The summed E-state index contributed by atoms with van der Waals surface area (Å²) in [6, 6.07) is 0. The van der Waals surface area contributed by atoms with Crippen LogP contribution in [0.2, 0.25) is 0 Å². The third-order valence-electron chi connectivity index (χ3n) is 19.9. The first kappa shape index (κ1) is 104. The van der Waals surface area contributed by atoms with Gasteiger partial charge in [0.15, 0.2) is 0 Å². The predicted octanol–water partition coefficient (Wildman–Crippen LogP) is 26.2. The van der Waals surface area contributed by atoms with Crippen molar-refractivity contribution in [1.29, 1.82) is 0 Å². The first-order chi connectivity index (χ1) is 47.1. The third-order valence-corrected chi connectivity index (χ3v) is 19.9. The van der Waals surface area contributed by atoms with Crippen LogP contribution in [0.4, 0.5) is 0 Å². The van der Waals surface area contributed by atoms with Crippen molar-refractivity contribution in [1.82, 2.24) is 0 Å². The van der Waals surface area contributed by atoms with Crippen LogP contribution in [0.15, 0.2) is 0 Å². The molecular formula is C88H172O8Zr. The Morgan fingerprint density at radius 2 is 0.196 bits per heavy atom. The maximum absolute atomic E-state index is 10.3. The maximum atomic E-state index is 10.3. The number of aliphatic carboxylic acids is 4. The third kappa shape index (κ3) is 119. The minimum Gasteiger partial charge on any atom is -0.550 e. The van der Waals surface area contributed by atoms with Gasteiger partial charge in [0, 0.05) is 23.9 Å². The molecule has 0 radical (unpaired) electrons. The molecular weight excluding hydrogens is 1280 g/mol. The molecule has 0 rings (SSSR count). The van der Waals surface area contributed by atoms with E-state index in [1.165, 1.54) is 437 Å². The number of carbonyl (C=O) groups excluding carboxylic acids is 4. The van der Waals surface area contributed by atoms with Gasteiger partial charge in [0.25, 0.3) is 0 Å². The van der Waals surface area contributed by atoms with Gasteiger partial charge in [-0.15, -0.1) is 0 Å². The molecule has 0 aromatic carbocycles. The van der Waals surface area contributed by atoms with E-state index >= 15 is 0 Å². The zero-order valence-electron chi connectivity index (χ0n) is 66.3. The van der Waals surface area contributed by atoms with Crippen molar-refractivity contribution in [3.63, 3.8) is 0 Å². The number of carboxylic acid groups (broad SMARTS) is 4. The van der Waals surface area contributed by atoms with Gasteiger partial charge in [-0.25, -0.2) is 0 Å². The van der Waals surface area contributed by atoms with E-state index in [1.54, 1.807) is 0 Å². The number of unbranched alkanes of at least 4 members (excludes halogenated alkanes) is 72. The van der Waals surface area contributed by atoms with Gasteiger partial charge in [0.2, 0.25) is 0 Å². The Balaban J connectivity index is -0.000000386. The number of hydrogen-bond donors (Lipinski definition) is 0. The standard InChI is InChI=1S/4C22H44O2.Zr/c4*1-2-3-4-5-6-7-8-9-10-11-12-13-14-15-16-17-18-19-20-21-22(23)24;/h4*2-21H2,1H3,(H,23,24);/q;;;;+4/p-4. The normalized spacial score (nSPS) is 10.9. The number of carboxylic acids is 4. The number of hydrogen-bond acceptors (Lipinski definition) is 8. The van der Waals surface area contributed by atoms with Gasteiger partial charge in [-0.1, -0.05) is 490 Å². The zero-order chi connectivity index (χ0) is 70.9. The molecule has 0 spiro atoms. The zero-order valence-corrected chi connectivity index (χ0v) is 68.8. The van der Waals surface area contributed by atoms with E-state index in [-0.39, 0.29) is 51.9 Å². The molecule has 576 valence electrons. The van der Waals surface area contributed by atoms with E-state index in [0.717, 1.165) is 51.4 Å². The van der Waals surface area contributed by atoms with E-state index < -0.39 is 23.9 Å². The van der Waals surface area contributed by atoms with Gasteiger partial charge >= 0.3 is 26.2 Å². The first-order valence-electron chi connectivity index (χ1n) is 43.9. The van der Waals surface area contributed by atoms with E-state index in [1.807, 2.05) is 0 Å². The van der Waals surface area contributed by atoms with Gasteiger partial charge in [-0.2, -0.15) is 0 Å². The summed E-state index contributed by atoms with van der Waals surface area (Å²) >= 11 is 0. The number of carbonyl (C=O) groups is 4. The molecule has 8 nitrogen and oxygen atoms in total. The Bertz CT molecular complexity index is 1220. The van der Waals surface area contributed by atoms with E-state index in [4.69, 9.17) is 0 Å². The fraction of sp³-hybridized carbons (Fsp3) is 0.955. The van der Waals surface area contributed by atoms with Gasteiger partial charge in [0.05, 0.1) is 0 Å². The van der Waals surface area contributed by atoms with Gasteiger partial charge in [-0.3, -0.25) is 0 Å². The fourth-order valence-corrected chi connectivity index (χ4v) is 13.4. The Morgan fingerprint density at radius 3 is 0.258 bits per heavy atom. The van der Waals surface area contributed by atoms with Crippen LogP contribution in [0, 0.1) is 0 Å². The topological polar surface area (TPSA) is 161 Å². The quantitative estimate of drug-likeness (QED) is 0.0544. The van der Waals surface area contributed by atoms with Crippen molar-refractivity contribution in [2.45, 2.75) is 541 Å². The van der Waals surface area contributed by atoms with Gasteiger partial charge < -0.3 is 39.6 Å². The molecule has 0 aromatic rings. The van der Waals surface area contributed by atoms with Gasteiger partial charge in [-0.05, 0) is 51.4 Å². The molecule has 0 aliphatic heterocycles. The molecule has 0 amide bonds. The Kier molecular flexibility index (Phi) is 109. The molecule has 0 aromatic heterocycles. The van der Waals surface area contributed by atoms with Crippen LogP contribution in [0.1, 0.15) is 541 Å². The van der Waals surface area contributed by atoms with Crippen molar-refractivity contribution in [2.24, 2.45) is 0 Å². The first-order valence-corrected chi connectivity index (χ1v) is 43.9. The molecule has 0 aliphatic carbocycles. The van der Waals surface area contributed by atoms with Crippen molar-refractivity contribution < 1.29 is 65.8 Å². The molecule has 0 heterocycles. The number of rotatable bonds is 80. The van der Waals surface area contributed by atoms with Crippen molar-refractivity contribution >= 4 is 23.9 Å². The largest absolute Gasteiger partial charge is 4.00 e. The molecule has 9 heteroatoms. The van der Waals surface area contributed by atoms with Crippen LogP contribution in [-0.2, 0) is 45.4 Å². The van der Waals surface area contributed by atoms with Crippen molar-refractivity contribution in [2.75, 3.05) is 0 Å². The van der Waals surface area contributed by atoms with Gasteiger partial charge in [0.1, 0.15) is 0 Å². The Morgan fingerprint density at radius 1 is 0.134 bits per heavy atom. The molecule has 0 saturated carbocycles. The second kappa shape index (κ2) is 101. The Labute approximate surface area is 627 Å². The summed E-state index contributed by atoms with van der Waals surface area (Å²) in [6.45, 7) is 9.12. The minimum absolute atomic E-state index is 0. The second-order valence-corrected chi connectivity index (χ2v) is 29.9. The fourth-order valence-electron chi connectivity index (χ4n) is 13.4. The van der Waals surface area contributed by atoms with Crippen LogP contribution in [0.25, 0.3) is 0 Å². The van der Waals surface area contributed by atoms with Crippen molar-refractivity contribution in [3.05, 3.63) is 0 Å². The predicted molar refractivity (Wildman–Crippen MR) is 412 cm³/mol. The minimum atomic E-state index is -0.901. The maximum Gasteiger partial charge on any atom is 4.00 e. The van der Waals surface area contributed by atoms with Crippen molar-refractivity contribution in [3.8, 4) is 0 Å². The van der Waals surface area contributed by atoms with E-state index in [9.17, 15) is 39.6 Å². The summed E-state index contributed by atoms with van der Waals surface area (Å²) < 4.78 is 0. The van der Waals surface area contributed by atoms with E-state index in [2.05, 4.69) is 27.7 Å². The molecule has 0 unspecified atom stereocenters. The van der Waals surface area contributed by atoms with Crippen LogP contribution in [0.3, 0.4) is 0 Å². The Hall–Kier alpha value is -1.24. The smallest absolute Gasteiger partial charge is 0.550 e. The summed E-state index contributed by atoms with van der Waals surface area (Å²) in [6.07, 6.45) is 103. The summed E-state index contributed by atoms with van der Waals surface area (Å²) in [5.41, 5.74) is 0. The molecule has 97 heavy (non-hydrogen) atoms. The summed E-state index contributed by atoms with van der Waals surface area (Å²) in [4.78, 5) is 41.1. The summed E-state index contributed by atoms with van der Waals surface area (Å²) in [5.74, 6) is -3.60.